The van der Waals surface area contributed by atoms with Crippen LogP contribution in [0.2, 0.25) is 0 Å². The van der Waals surface area contributed by atoms with Crippen LogP contribution in [0.1, 0.15) is 12.6 Å². The van der Waals surface area contributed by atoms with E-state index in [1.165, 1.54) is 0 Å². The van der Waals surface area contributed by atoms with Gasteiger partial charge < -0.3 is 15.5 Å². The fraction of sp³-hybridized carbons (Fsp3) is 0.625. The molecule has 1 aromatic rings. The first-order chi connectivity index (χ1) is 10.7. The van der Waals surface area contributed by atoms with Crippen LogP contribution < -0.4 is 10.6 Å². The Morgan fingerprint density at radius 2 is 2.00 bits per heavy atom. The van der Waals surface area contributed by atoms with Crippen LogP contribution in [-0.4, -0.2) is 73.6 Å². The molecule has 0 aliphatic carbocycles. The maximum atomic E-state index is 4.30. The lowest BCUT2D eigenvalue weighted by atomic mass is 10.2. The van der Waals surface area contributed by atoms with Gasteiger partial charge in [0.1, 0.15) is 0 Å². The van der Waals surface area contributed by atoms with Crippen molar-refractivity contribution in [1.29, 1.82) is 0 Å². The summed E-state index contributed by atoms with van der Waals surface area (Å²) in [6.07, 6.45) is 1.81. The highest BCUT2D eigenvalue weighted by atomic mass is 127. The highest BCUT2D eigenvalue weighted by Gasteiger charge is 2.18. The van der Waals surface area contributed by atoms with Crippen molar-refractivity contribution in [2.45, 2.75) is 19.5 Å². The first-order valence-corrected chi connectivity index (χ1v) is 7.96. The van der Waals surface area contributed by atoms with E-state index in [4.69, 9.17) is 0 Å². The van der Waals surface area contributed by atoms with E-state index in [0.717, 1.165) is 44.4 Å². The second kappa shape index (κ2) is 10.8. The Bertz CT molecular complexity index is 459. The molecule has 1 unspecified atom stereocenters. The SMILES string of the molecule is CN=C(NCc1ccccn1)NCC(C)N1CCN(C)CC1.I. The van der Waals surface area contributed by atoms with Crippen molar-refractivity contribution in [1.82, 2.24) is 25.4 Å². The molecule has 2 rings (SSSR count). The van der Waals surface area contributed by atoms with Gasteiger partial charge in [-0.1, -0.05) is 6.07 Å². The first kappa shape index (κ1) is 20.1. The van der Waals surface area contributed by atoms with E-state index in [1.54, 1.807) is 7.05 Å². The molecule has 0 aromatic carbocycles. The second-order valence-corrected chi connectivity index (χ2v) is 5.82. The highest BCUT2D eigenvalue weighted by molar-refractivity contribution is 14.0. The van der Waals surface area contributed by atoms with Gasteiger partial charge in [-0.05, 0) is 26.1 Å². The summed E-state index contributed by atoms with van der Waals surface area (Å²) in [7, 11) is 3.98. The van der Waals surface area contributed by atoms with Crippen LogP contribution >= 0.6 is 24.0 Å². The van der Waals surface area contributed by atoms with Crippen LogP contribution in [0.4, 0.5) is 0 Å². The number of halogens is 1. The molecule has 0 amide bonds. The van der Waals surface area contributed by atoms with Crippen molar-refractivity contribution in [3.63, 3.8) is 0 Å². The van der Waals surface area contributed by atoms with E-state index >= 15 is 0 Å². The Kier molecular flexibility index (Phi) is 9.42. The quantitative estimate of drug-likeness (QED) is 0.413. The molecular formula is C16H29IN6. The zero-order valence-electron chi connectivity index (χ0n) is 14.3. The molecule has 130 valence electrons. The summed E-state index contributed by atoms with van der Waals surface area (Å²) < 4.78 is 0. The topological polar surface area (TPSA) is 55.8 Å². The van der Waals surface area contributed by atoms with Crippen molar-refractivity contribution in [2.75, 3.05) is 46.8 Å². The van der Waals surface area contributed by atoms with E-state index < -0.39 is 0 Å². The summed E-state index contributed by atoms with van der Waals surface area (Å²) in [5.41, 5.74) is 1.01. The molecule has 1 atom stereocenters. The lowest BCUT2D eigenvalue weighted by molar-refractivity contribution is 0.120. The van der Waals surface area contributed by atoms with Crippen molar-refractivity contribution in [2.24, 2.45) is 4.99 Å². The maximum Gasteiger partial charge on any atom is 0.191 e. The van der Waals surface area contributed by atoms with Gasteiger partial charge in [0.2, 0.25) is 0 Å². The number of aliphatic imine (C=N–C) groups is 1. The lowest BCUT2D eigenvalue weighted by Crippen LogP contribution is -2.52. The molecule has 1 aliphatic rings. The number of hydrogen-bond acceptors (Lipinski definition) is 4. The van der Waals surface area contributed by atoms with Crippen LogP contribution in [0, 0.1) is 0 Å². The summed E-state index contributed by atoms with van der Waals surface area (Å²) in [6.45, 7) is 8.42. The van der Waals surface area contributed by atoms with Gasteiger partial charge in [0.05, 0.1) is 12.2 Å². The number of nitrogens with zero attached hydrogens (tertiary/aromatic N) is 4. The molecule has 0 bridgehead atoms. The standard InChI is InChI=1S/C16H28N6.HI/c1-14(22-10-8-21(3)9-11-22)12-19-16(17-2)20-13-15-6-4-5-7-18-15;/h4-7,14H,8-13H2,1-3H3,(H2,17,19,20);1H. The molecule has 2 heterocycles. The summed E-state index contributed by atoms with van der Waals surface area (Å²) in [6, 6.07) is 6.43. The van der Waals surface area contributed by atoms with Crippen molar-refractivity contribution >= 4 is 29.9 Å². The summed E-state index contributed by atoms with van der Waals surface area (Å²) >= 11 is 0. The predicted octanol–water partition coefficient (Wildman–Crippen LogP) is 1.00. The normalized spacial score (nSPS) is 18.1. The van der Waals surface area contributed by atoms with Crippen molar-refractivity contribution < 1.29 is 0 Å². The highest BCUT2D eigenvalue weighted by Crippen LogP contribution is 2.03. The number of guanidine groups is 1. The van der Waals surface area contributed by atoms with Crippen molar-refractivity contribution in [3.8, 4) is 0 Å². The van der Waals surface area contributed by atoms with E-state index in [2.05, 4.69) is 44.4 Å². The van der Waals surface area contributed by atoms with Crippen LogP contribution in [0.5, 0.6) is 0 Å². The Labute approximate surface area is 156 Å². The smallest absolute Gasteiger partial charge is 0.191 e. The van der Waals surface area contributed by atoms with Crippen LogP contribution in [0.3, 0.4) is 0 Å². The summed E-state index contributed by atoms with van der Waals surface area (Å²) in [5.74, 6) is 0.826. The van der Waals surface area contributed by atoms with E-state index in [-0.39, 0.29) is 24.0 Å². The number of aromatic nitrogens is 1. The Morgan fingerprint density at radius 3 is 2.61 bits per heavy atom. The second-order valence-electron chi connectivity index (χ2n) is 5.82. The maximum absolute atomic E-state index is 4.30. The van der Waals surface area contributed by atoms with Crippen molar-refractivity contribution in [3.05, 3.63) is 30.1 Å². The molecule has 6 nitrogen and oxygen atoms in total. The Hall–Kier alpha value is -0.930. The third-order valence-electron chi connectivity index (χ3n) is 4.11. The fourth-order valence-corrected chi connectivity index (χ4v) is 2.53. The molecule has 1 fully saturated rings. The van der Waals surface area contributed by atoms with Crippen LogP contribution in [0.25, 0.3) is 0 Å². The average Bonchev–Trinajstić information content (AvgIpc) is 2.56. The molecule has 0 spiro atoms. The lowest BCUT2D eigenvalue weighted by Gasteiger charge is -2.36. The zero-order chi connectivity index (χ0) is 15.8. The van der Waals surface area contributed by atoms with E-state index in [0.29, 0.717) is 12.6 Å². The summed E-state index contributed by atoms with van der Waals surface area (Å²) in [4.78, 5) is 13.5. The van der Waals surface area contributed by atoms with Gasteiger partial charge in [0.25, 0.3) is 0 Å². The summed E-state index contributed by atoms with van der Waals surface area (Å²) in [5, 5.41) is 6.70. The number of pyridine rings is 1. The molecule has 1 aliphatic heterocycles. The number of hydrogen-bond donors (Lipinski definition) is 2. The average molecular weight is 432 g/mol. The third kappa shape index (κ3) is 7.01. The van der Waals surface area contributed by atoms with Gasteiger partial charge in [0, 0.05) is 52.0 Å². The van der Waals surface area contributed by atoms with Crippen LogP contribution in [-0.2, 0) is 6.54 Å². The Balaban J connectivity index is 0.00000264. The minimum atomic E-state index is 0. The first-order valence-electron chi connectivity index (χ1n) is 7.96. The van der Waals surface area contributed by atoms with Gasteiger partial charge >= 0.3 is 0 Å². The molecule has 1 aromatic heterocycles. The monoisotopic (exact) mass is 432 g/mol. The number of likely N-dealkylation sites (N-methyl/N-ethyl adjacent to an activating group) is 1. The number of piperazine rings is 1. The number of nitrogens with one attached hydrogen (secondary N) is 2. The molecule has 0 saturated carbocycles. The molecule has 1 saturated heterocycles. The minimum Gasteiger partial charge on any atom is -0.355 e. The molecular weight excluding hydrogens is 403 g/mol. The predicted molar refractivity (Wildman–Crippen MR) is 106 cm³/mol. The number of rotatable bonds is 5. The molecule has 7 heteroatoms. The fourth-order valence-electron chi connectivity index (χ4n) is 2.53. The van der Waals surface area contributed by atoms with Gasteiger partial charge in [-0.15, -0.1) is 24.0 Å². The molecule has 0 radical (unpaired) electrons. The molecule has 23 heavy (non-hydrogen) atoms. The zero-order valence-corrected chi connectivity index (χ0v) is 16.7. The third-order valence-corrected chi connectivity index (χ3v) is 4.11. The van der Waals surface area contributed by atoms with E-state index in [9.17, 15) is 0 Å². The van der Waals surface area contributed by atoms with Gasteiger partial charge in [0.15, 0.2) is 5.96 Å². The molecule has 2 N–H and O–H groups in total. The largest absolute Gasteiger partial charge is 0.355 e. The van der Waals surface area contributed by atoms with Gasteiger partial charge in [-0.2, -0.15) is 0 Å². The van der Waals surface area contributed by atoms with Crippen LogP contribution in [0.15, 0.2) is 29.4 Å². The Morgan fingerprint density at radius 1 is 1.26 bits per heavy atom. The van der Waals surface area contributed by atoms with Gasteiger partial charge in [-0.25, -0.2) is 0 Å². The minimum absolute atomic E-state index is 0. The van der Waals surface area contributed by atoms with Gasteiger partial charge in [-0.3, -0.25) is 14.9 Å². The van der Waals surface area contributed by atoms with E-state index in [1.807, 2.05) is 24.4 Å².